The van der Waals surface area contributed by atoms with Crippen molar-refractivity contribution >= 4 is 22.5 Å². The third kappa shape index (κ3) is 2.97. The van der Waals surface area contributed by atoms with Crippen LogP contribution >= 0.6 is 11.6 Å². The maximum absolute atomic E-state index is 6.25. The summed E-state index contributed by atoms with van der Waals surface area (Å²) in [6.07, 6.45) is 3.03. The lowest BCUT2D eigenvalue weighted by Gasteiger charge is -2.24. The molecule has 0 aliphatic rings. The highest BCUT2D eigenvalue weighted by atomic mass is 35.5. The van der Waals surface area contributed by atoms with E-state index < -0.39 is 0 Å². The SMILES string of the molecule is CC(N)C(Cc1ccc(Cl)cc1)n1ccc2ccccc21. The van der Waals surface area contributed by atoms with Crippen LogP contribution in [0.25, 0.3) is 10.9 Å². The molecule has 0 spiro atoms. The molecular formula is C18H19ClN2. The molecule has 0 fully saturated rings. The van der Waals surface area contributed by atoms with Crippen LogP contribution < -0.4 is 5.73 Å². The minimum Gasteiger partial charge on any atom is -0.343 e. The highest BCUT2D eigenvalue weighted by molar-refractivity contribution is 6.30. The predicted molar refractivity (Wildman–Crippen MR) is 89.8 cm³/mol. The van der Waals surface area contributed by atoms with Crippen LogP contribution in [0.15, 0.2) is 60.8 Å². The highest BCUT2D eigenvalue weighted by Gasteiger charge is 2.18. The molecule has 0 saturated carbocycles. The summed E-state index contributed by atoms with van der Waals surface area (Å²) in [4.78, 5) is 0. The second kappa shape index (κ2) is 5.92. The zero-order chi connectivity index (χ0) is 14.8. The van der Waals surface area contributed by atoms with Crippen LogP contribution in [0.2, 0.25) is 5.02 Å². The summed E-state index contributed by atoms with van der Waals surface area (Å²) in [5.41, 5.74) is 8.73. The van der Waals surface area contributed by atoms with Gasteiger partial charge >= 0.3 is 0 Å². The lowest BCUT2D eigenvalue weighted by molar-refractivity contribution is 0.438. The predicted octanol–water partition coefficient (Wildman–Crippen LogP) is 4.43. The van der Waals surface area contributed by atoms with Gasteiger partial charge in [0.1, 0.15) is 0 Å². The van der Waals surface area contributed by atoms with Crippen LogP contribution in [-0.2, 0) is 6.42 Å². The van der Waals surface area contributed by atoms with E-state index in [1.165, 1.54) is 16.5 Å². The first kappa shape index (κ1) is 14.2. The van der Waals surface area contributed by atoms with E-state index in [9.17, 15) is 0 Å². The van der Waals surface area contributed by atoms with Crippen molar-refractivity contribution in [1.82, 2.24) is 4.57 Å². The summed E-state index contributed by atoms with van der Waals surface area (Å²) in [5.74, 6) is 0. The third-order valence-corrected chi connectivity index (χ3v) is 4.20. The summed E-state index contributed by atoms with van der Waals surface area (Å²) < 4.78 is 2.29. The summed E-state index contributed by atoms with van der Waals surface area (Å²) in [6.45, 7) is 2.06. The molecule has 3 aromatic rings. The maximum Gasteiger partial charge on any atom is 0.0525 e. The van der Waals surface area contributed by atoms with Crippen LogP contribution in [0.5, 0.6) is 0 Å². The zero-order valence-electron chi connectivity index (χ0n) is 12.0. The van der Waals surface area contributed by atoms with Crippen LogP contribution in [0.3, 0.4) is 0 Å². The molecule has 108 valence electrons. The van der Waals surface area contributed by atoms with E-state index in [1.807, 2.05) is 12.1 Å². The van der Waals surface area contributed by atoms with E-state index in [1.54, 1.807) is 0 Å². The van der Waals surface area contributed by atoms with Gasteiger partial charge in [-0.3, -0.25) is 0 Å². The third-order valence-electron chi connectivity index (χ3n) is 3.95. The maximum atomic E-state index is 6.25. The standard InChI is InChI=1S/C18H19ClN2/c1-13(20)18(12-14-6-8-16(19)9-7-14)21-11-10-15-4-2-3-5-17(15)21/h2-11,13,18H,12,20H2,1H3. The second-order valence-corrected chi connectivity index (χ2v) is 5.98. The lowest BCUT2D eigenvalue weighted by atomic mass is 10.0. The molecule has 2 atom stereocenters. The molecule has 0 aliphatic heterocycles. The number of fused-ring (bicyclic) bond motifs is 1. The van der Waals surface area contributed by atoms with Crippen molar-refractivity contribution < 1.29 is 0 Å². The van der Waals surface area contributed by atoms with E-state index in [0.717, 1.165) is 11.4 Å². The van der Waals surface area contributed by atoms with Gasteiger partial charge in [-0.15, -0.1) is 0 Å². The normalized spacial score (nSPS) is 14.2. The molecule has 0 aliphatic carbocycles. The van der Waals surface area contributed by atoms with Gasteiger partial charge < -0.3 is 10.3 Å². The Bertz CT molecular complexity index is 728. The number of hydrogen-bond acceptors (Lipinski definition) is 1. The topological polar surface area (TPSA) is 30.9 Å². The first-order valence-corrected chi connectivity index (χ1v) is 7.58. The van der Waals surface area contributed by atoms with Gasteiger partial charge in [-0.2, -0.15) is 0 Å². The highest BCUT2D eigenvalue weighted by Crippen LogP contribution is 2.25. The fraction of sp³-hybridized carbons (Fsp3) is 0.222. The minimum absolute atomic E-state index is 0.0662. The molecule has 1 heterocycles. The Morgan fingerprint density at radius 2 is 1.76 bits per heavy atom. The van der Waals surface area contributed by atoms with Crippen molar-refractivity contribution in [3.8, 4) is 0 Å². The summed E-state index contributed by atoms with van der Waals surface area (Å²) in [5, 5.41) is 2.02. The number of rotatable bonds is 4. The Labute approximate surface area is 130 Å². The van der Waals surface area contributed by atoms with Gasteiger partial charge in [0.15, 0.2) is 0 Å². The number of nitrogens with zero attached hydrogens (tertiary/aromatic N) is 1. The molecular weight excluding hydrogens is 280 g/mol. The number of hydrogen-bond donors (Lipinski definition) is 1. The molecule has 2 nitrogen and oxygen atoms in total. The Hall–Kier alpha value is -1.77. The van der Waals surface area contributed by atoms with Crippen molar-refractivity contribution in [2.24, 2.45) is 5.73 Å². The van der Waals surface area contributed by atoms with Gasteiger partial charge in [0, 0.05) is 22.8 Å². The van der Waals surface area contributed by atoms with Crippen molar-refractivity contribution in [2.75, 3.05) is 0 Å². The van der Waals surface area contributed by atoms with Gasteiger partial charge in [0.05, 0.1) is 6.04 Å². The molecule has 0 saturated heterocycles. The molecule has 3 heteroatoms. The second-order valence-electron chi connectivity index (χ2n) is 5.54. The van der Waals surface area contributed by atoms with Gasteiger partial charge in [-0.1, -0.05) is 41.9 Å². The molecule has 0 bridgehead atoms. The van der Waals surface area contributed by atoms with Crippen LogP contribution in [-0.4, -0.2) is 10.6 Å². The van der Waals surface area contributed by atoms with Crippen LogP contribution in [0.1, 0.15) is 18.5 Å². The molecule has 0 radical (unpaired) electrons. The van der Waals surface area contributed by atoms with Crippen molar-refractivity contribution in [3.63, 3.8) is 0 Å². The smallest absolute Gasteiger partial charge is 0.0525 e. The fourth-order valence-electron chi connectivity index (χ4n) is 2.79. The number of benzene rings is 2. The molecule has 2 aromatic carbocycles. The molecule has 2 N–H and O–H groups in total. The number of halogens is 1. The Balaban J connectivity index is 1.96. The Kier molecular flexibility index (Phi) is 4.00. The Morgan fingerprint density at radius 3 is 2.48 bits per heavy atom. The average molecular weight is 299 g/mol. The van der Waals surface area contributed by atoms with Gasteiger partial charge in [0.2, 0.25) is 0 Å². The Morgan fingerprint density at radius 1 is 1.05 bits per heavy atom. The first-order chi connectivity index (χ1) is 10.1. The molecule has 1 aromatic heterocycles. The van der Waals surface area contributed by atoms with Crippen molar-refractivity contribution in [2.45, 2.75) is 25.4 Å². The average Bonchev–Trinajstić information content (AvgIpc) is 2.90. The molecule has 2 unspecified atom stereocenters. The summed E-state index contributed by atoms with van der Waals surface area (Å²) in [6, 6.07) is 18.9. The van der Waals surface area contributed by atoms with Gasteiger partial charge in [-0.05, 0) is 48.6 Å². The fourth-order valence-corrected chi connectivity index (χ4v) is 2.92. The molecule has 3 rings (SSSR count). The number of aromatic nitrogens is 1. The summed E-state index contributed by atoms with van der Waals surface area (Å²) >= 11 is 5.96. The monoisotopic (exact) mass is 298 g/mol. The van der Waals surface area contributed by atoms with E-state index in [-0.39, 0.29) is 12.1 Å². The van der Waals surface area contributed by atoms with E-state index >= 15 is 0 Å². The first-order valence-electron chi connectivity index (χ1n) is 7.21. The minimum atomic E-state index is 0.0662. The number of para-hydroxylation sites is 1. The number of nitrogens with two attached hydrogens (primary N) is 1. The largest absolute Gasteiger partial charge is 0.343 e. The van der Waals surface area contributed by atoms with E-state index in [0.29, 0.717) is 0 Å². The van der Waals surface area contributed by atoms with Gasteiger partial charge in [0.25, 0.3) is 0 Å². The van der Waals surface area contributed by atoms with Crippen LogP contribution in [0, 0.1) is 0 Å². The molecule has 0 amide bonds. The van der Waals surface area contributed by atoms with Crippen molar-refractivity contribution in [3.05, 3.63) is 71.4 Å². The van der Waals surface area contributed by atoms with Crippen molar-refractivity contribution in [1.29, 1.82) is 0 Å². The zero-order valence-corrected chi connectivity index (χ0v) is 12.8. The van der Waals surface area contributed by atoms with Crippen LogP contribution in [0.4, 0.5) is 0 Å². The summed E-state index contributed by atoms with van der Waals surface area (Å²) in [7, 11) is 0. The van der Waals surface area contributed by atoms with Gasteiger partial charge in [-0.25, -0.2) is 0 Å². The van der Waals surface area contributed by atoms with E-state index in [2.05, 4.69) is 60.2 Å². The quantitative estimate of drug-likeness (QED) is 0.759. The molecule has 21 heavy (non-hydrogen) atoms. The van der Waals surface area contributed by atoms with E-state index in [4.69, 9.17) is 17.3 Å². The lowest BCUT2D eigenvalue weighted by Crippen LogP contribution is -2.30.